The van der Waals surface area contributed by atoms with Crippen LogP contribution in [0.3, 0.4) is 0 Å². The monoisotopic (exact) mass is 312 g/mol. The third kappa shape index (κ3) is 3.69. The second kappa shape index (κ2) is 6.37. The summed E-state index contributed by atoms with van der Waals surface area (Å²) in [4.78, 5) is 0. The van der Waals surface area contributed by atoms with Crippen molar-refractivity contribution in [1.29, 1.82) is 0 Å². The Hall–Kier alpha value is -1.71. The number of nitrogens with zero attached hydrogens (tertiary/aromatic N) is 3. The van der Waals surface area contributed by atoms with Crippen molar-refractivity contribution in [1.82, 2.24) is 30.0 Å². The number of aromatic amines is 1. The van der Waals surface area contributed by atoms with Gasteiger partial charge in [-0.1, -0.05) is 0 Å². The van der Waals surface area contributed by atoms with Crippen LogP contribution in [0.15, 0.2) is 17.4 Å². The van der Waals surface area contributed by atoms with Gasteiger partial charge in [0.25, 0.3) is 10.0 Å². The fourth-order valence-electron chi connectivity index (χ4n) is 1.99. The molecule has 0 unspecified atom stereocenters. The number of aromatic nitrogens is 4. The first kappa shape index (κ1) is 15.7. The summed E-state index contributed by atoms with van der Waals surface area (Å²) in [5.74, 6) is 0. The molecule has 2 rings (SSSR count). The predicted octanol–water partition coefficient (Wildman–Crippen LogP) is -0.0791. The minimum Gasteiger partial charge on any atom is -0.316 e. The summed E-state index contributed by atoms with van der Waals surface area (Å²) in [5.41, 5.74) is 2.43. The van der Waals surface area contributed by atoms with E-state index in [0.717, 1.165) is 11.3 Å². The van der Waals surface area contributed by atoms with Crippen molar-refractivity contribution in [3.8, 4) is 0 Å². The van der Waals surface area contributed by atoms with Gasteiger partial charge in [0.2, 0.25) is 0 Å². The number of aryl methyl sites for hydroxylation is 2. The number of H-pyrrole nitrogens is 1. The zero-order valence-electron chi connectivity index (χ0n) is 12.3. The Morgan fingerprint density at radius 3 is 2.76 bits per heavy atom. The summed E-state index contributed by atoms with van der Waals surface area (Å²) in [5, 5.41) is 13.7. The molecule has 0 radical (unpaired) electrons. The van der Waals surface area contributed by atoms with Crippen LogP contribution < -0.4 is 10.0 Å². The summed E-state index contributed by atoms with van der Waals surface area (Å²) >= 11 is 0. The molecule has 0 bridgehead atoms. The molecule has 0 aromatic carbocycles. The molecule has 21 heavy (non-hydrogen) atoms. The second-order valence-corrected chi connectivity index (χ2v) is 6.52. The van der Waals surface area contributed by atoms with Gasteiger partial charge in [0.05, 0.1) is 12.7 Å². The van der Waals surface area contributed by atoms with Crippen LogP contribution in [-0.4, -0.2) is 42.0 Å². The molecular weight excluding hydrogens is 292 g/mol. The summed E-state index contributed by atoms with van der Waals surface area (Å²) in [7, 11) is -1.87. The first-order valence-corrected chi connectivity index (χ1v) is 8.09. The van der Waals surface area contributed by atoms with E-state index < -0.39 is 10.0 Å². The molecule has 0 aliphatic rings. The van der Waals surface area contributed by atoms with E-state index in [1.54, 1.807) is 24.9 Å². The molecule has 2 aromatic rings. The third-order valence-corrected chi connectivity index (χ3v) is 4.47. The lowest BCUT2D eigenvalue weighted by molar-refractivity contribution is 0.556. The molecule has 2 heterocycles. The highest BCUT2D eigenvalue weighted by molar-refractivity contribution is 7.89. The summed E-state index contributed by atoms with van der Waals surface area (Å²) in [6, 6.07) is 0. The van der Waals surface area contributed by atoms with Crippen molar-refractivity contribution in [2.24, 2.45) is 0 Å². The van der Waals surface area contributed by atoms with E-state index in [0.29, 0.717) is 18.7 Å². The maximum Gasteiger partial charge on any atom is 0.260 e. The number of nitrogens with one attached hydrogen (secondary N) is 3. The summed E-state index contributed by atoms with van der Waals surface area (Å²) in [6.45, 7) is 4.90. The largest absolute Gasteiger partial charge is 0.316 e. The first-order valence-electron chi connectivity index (χ1n) is 6.61. The molecule has 0 atom stereocenters. The molecule has 3 N–H and O–H groups in total. The maximum atomic E-state index is 12.3. The molecule has 0 aliphatic carbocycles. The van der Waals surface area contributed by atoms with Gasteiger partial charge in [-0.15, -0.1) is 0 Å². The Morgan fingerprint density at radius 1 is 1.38 bits per heavy atom. The third-order valence-electron chi connectivity index (χ3n) is 3.04. The van der Waals surface area contributed by atoms with Gasteiger partial charge in [0, 0.05) is 30.5 Å². The van der Waals surface area contributed by atoms with Gasteiger partial charge in [-0.05, 0) is 26.5 Å². The zero-order chi connectivity index (χ0) is 15.5. The number of hydrogen-bond acceptors (Lipinski definition) is 5. The minimum absolute atomic E-state index is 0.0472. The molecule has 0 saturated carbocycles. The Kier molecular flexibility index (Phi) is 4.76. The fourth-order valence-corrected chi connectivity index (χ4v) is 3.20. The van der Waals surface area contributed by atoms with Crippen molar-refractivity contribution in [3.05, 3.63) is 29.2 Å². The van der Waals surface area contributed by atoms with Crippen LogP contribution in [0.4, 0.5) is 0 Å². The Balaban J connectivity index is 2.04. The van der Waals surface area contributed by atoms with Gasteiger partial charge in [-0.25, -0.2) is 13.1 Å². The van der Waals surface area contributed by atoms with Crippen molar-refractivity contribution in [3.63, 3.8) is 0 Å². The standard InChI is InChI=1S/C12H20N6O2S/c1-9-6-14-18(8-9)5-4-15-21(19,20)12-11(7-13-3)10(2)16-17-12/h6,8,13,15H,4-5,7H2,1-3H3,(H,16,17). The lowest BCUT2D eigenvalue weighted by atomic mass is 10.3. The van der Waals surface area contributed by atoms with Gasteiger partial charge in [0.1, 0.15) is 0 Å². The highest BCUT2D eigenvalue weighted by Gasteiger charge is 2.22. The van der Waals surface area contributed by atoms with E-state index in [1.165, 1.54) is 0 Å². The Bertz CT molecular complexity index is 703. The quantitative estimate of drug-likeness (QED) is 0.663. The molecule has 0 aliphatic heterocycles. The molecule has 2 aromatic heterocycles. The van der Waals surface area contributed by atoms with Gasteiger partial charge in [0.15, 0.2) is 5.03 Å². The van der Waals surface area contributed by atoms with E-state index in [4.69, 9.17) is 0 Å². The highest BCUT2D eigenvalue weighted by Crippen LogP contribution is 2.15. The van der Waals surface area contributed by atoms with E-state index in [9.17, 15) is 8.42 Å². The summed E-state index contributed by atoms with van der Waals surface area (Å²) in [6.07, 6.45) is 3.59. The number of rotatable bonds is 7. The normalized spacial score (nSPS) is 12.0. The summed E-state index contributed by atoms with van der Waals surface area (Å²) < 4.78 is 28.8. The second-order valence-electron chi connectivity index (χ2n) is 4.84. The highest BCUT2D eigenvalue weighted by atomic mass is 32.2. The molecule has 0 amide bonds. The van der Waals surface area contributed by atoms with E-state index in [2.05, 4.69) is 25.3 Å². The van der Waals surface area contributed by atoms with Gasteiger partial charge in [-0.3, -0.25) is 9.78 Å². The van der Waals surface area contributed by atoms with Crippen molar-refractivity contribution >= 4 is 10.0 Å². The average Bonchev–Trinajstić information content (AvgIpc) is 2.98. The van der Waals surface area contributed by atoms with Gasteiger partial charge >= 0.3 is 0 Å². The van der Waals surface area contributed by atoms with Crippen LogP contribution in [0.25, 0.3) is 0 Å². The number of sulfonamides is 1. The number of hydrogen-bond donors (Lipinski definition) is 3. The molecule has 0 saturated heterocycles. The van der Waals surface area contributed by atoms with E-state index in [1.807, 2.05) is 13.1 Å². The molecule has 8 nitrogen and oxygen atoms in total. The lowest BCUT2D eigenvalue weighted by Crippen LogP contribution is -2.29. The van der Waals surface area contributed by atoms with Crippen molar-refractivity contribution in [2.75, 3.05) is 13.6 Å². The smallest absolute Gasteiger partial charge is 0.260 e. The SMILES string of the molecule is CNCc1c(S(=O)(=O)NCCn2cc(C)cn2)n[nH]c1C. The maximum absolute atomic E-state index is 12.3. The lowest BCUT2D eigenvalue weighted by Gasteiger charge is -2.07. The van der Waals surface area contributed by atoms with Crippen LogP contribution in [0.5, 0.6) is 0 Å². The van der Waals surface area contributed by atoms with Gasteiger partial charge < -0.3 is 5.32 Å². The molecule has 116 valence electrons. The van der Waals surface area contributed by atoms with E-state index in [-0.39, 0.29) is 11.6 Å². The Morgan fingerprint density at radius 2 is 2.14 bits per heavy atom. The first-order chi connectivity index (χ1) is 9.94. The van der Waals surface area contributed by atoms with Crippen LogP contribution in [0.1, 0.15) is 16.8 Å². The average molecular weight is 312 g/mol. The van der Waals surface area contributed by atoms with Crippen LogP contribution in [-0.2, 0) is 23.1 Å². The molecule has 9 heteroatoms. The topological polar surface area (TPSA) is 105 Å². The van der Waals surface area contributed by atoms with Crippen molar-refractivity contribution < 1.29 is 8.42 Å². The minimum atomic E-state index is -3.63. The van der Waals surface area contributed by atoms with Crippen LogP contribution >= 0.6 is 0 Å². The molecule has 0 spiro atoms. The van der Waals surface area contributed by atoms with E-state index >= 15 is 0 Å². The van der Waals surface area contributed by atoms with Crippen LogP contribution in [0, 0.1) is 13.8 Å². The molecular formula is C12H20N6O2S. The fraction of sp³-hybridized carbons (Fsp3) is 0.500. The zero-order valence-corrected chi connectivity index (χ0v) is 13.2. The molecule has 0 fully saturated rings. The van der Waals surface area contributed by atoms with Crippen LogP contribution in [0.2, 0.25) is 0 Å². The van der Waals surface area contributed by atoms with Crippen molar-refractivity contribution in [2.45, 2.75) is 32.0 Å². The predicted molar refractivity (Wildman–Crippen MR) is 78.2 cm³/mol. The Labute approximate surface area is 124 Å². The van der Waals surface area contributed by atoms with Gasteiger partial charge in [-0.2, -0.15) is 10.2 Å².